The van der Waals surface area contributed by atoms with Gasteiger partial charge in [-0.2, -0.15) is 4.98 Å². The predicted octanol–water partition coefficient (Wildman–Crippen LogP) is 1.00. The number of hydrogen-bond donors (Lipinski definition) is 1. The minimum absolute atomic E-state index is 0.769. The molecule has 0 spiro atoms. The van der Waals surface area contributed by atoms with Crippen LogP contribution in [0.3, 0.4) is 0 Å². The molecule has 4 heteroatoms. The first-order chi connectivity index (χ1) is 6.45. The van der Waals surface area contributed by atoms with Gasteiger partial charge < -0.3 is 9.84 Å². The van der Waals surface area contributed by atoms with Crippen molar-refractivity contribution in [2.45, 2.75) is 25.7 Å². The Bertz CT molecular complexity index is 229. The molecule has 13 heavy (non-hydrogen) atoms. The van der Waals surface area contributed by atoms with E-state index in [2.05, 4.69) is 15.5 Å². The third-order valence-electron chi connectivity index (χ3n) is 2.57. The number of aromatic nitrogens is 2. The summed E-state index contributed by atoms with van der Waals surface area (Å²) in [6.45, 7) is 2.32. The molecule has 0 radical (unpaired) electrons. The quantitative estimate of drug-likeness (QED) is 0.755. The molecule has 0 amide bonds. The zero-order valence-corrected chi connectivity index (χ0v) is 7.70. The molecular weight excluding hydrogens is 166 g/mol. The molecule has 0 aromatic carbocycles. The summed E-state index contributed by atoms with van der Waals surface area (Å²) in [5.74, 6) is 1.56. The Morgan fingerprint density at radius 1 is 1.62 bits per heavy atom. The average Bonchev–Trinajstić information content (AvgIpc) is 2.69. The minimum Gasteiger partial charge on any atom is -0.340 e. The Kier molecular flexibility index (Phi) is 2.92. The van der Waals surface area contributed by atoms with Crippen molar-refractivity contribution < 1.29 is 4.52 Å². The van der Waals surface area contributed by atoms with Crippen LogP contribution in [0.5, 0.6) is 0 Å². The molecule has 1 aliphatic heterocycles. The maximum atomic E-state index is 4.94. The van der Waals surface area contributed by atoms with Gasteiger partial charge in [0.15, 0.2) is 6.33 Å². The Hall–Kier alpha value is -0.900. The van der Waals surface area contributed by atoms with Gasteiger partial charge in [0, 0.05) is 6.42 Å². The van der Waals surface area contributed by atoms with Gasteiger partial charge in [-0.25, -0.2) is 0 Å². The Morgan fingerprint density at radius 3 is 3.31 bits per heavy atom. The van der Waals surface area contributed by atoms with Crippen LogP contribution in [0.1, 0.15) is 25.2 Å². The van der Waals surface area contributed by atoms with Crippen LogP contribution in [-0.4, -0.2) is 23.2 Å². The molecule has 2 rings (SSSR count). The van der Waals surface area contributed by atoms with Crippen molar-refractivity contribution in [3.05, 3.63) is 12.2 Å². The molecule has 1 atom stereocenters. The van der Waals surface area contributed by atoms with Gasteiger partial charge in [0.25, 0.3) is 0 Å². The first kappa shape index (κ1) is 8.69. The Balaban J connectivity index is 1.72. The first-order valence-corrected chi connectivity index (χ1v) is 4.91. The number of rotatable bonds is 3. The van der Waals surface area contributed by atoms with Crippen molar-refractivity contribution in [2.24, 2.45) is 5.92 Å². The van der Waals surface area contributed by atoms with Crippen molar-refractivity contribution in [1.29, 1.82) is 0 Å². The van der Waals surface area contributed by atoms with E-state index in [0.29, 0.717) is 0 Å². The molecule has 0 saturated carbocycles. The highest BCUT2D eigenvalue weighted by atomic mass is 16.5. The van der Waals surface area contributed by atoms with Crippen LogP contribution in [0.2, 0.25) is 0 Å². The number of nitrogens with zero attached hydrogens (tertiary/aromatic N) is 2. The number of piperidine rings is 1. The van der Waals surface area contributed by atoms with E-state index in [-0.39, 0.29) is 0 Å². The third kappa shape index (κ3) is 2.52. The highest BCUT2D eigenvalue weighted by molar-refractivity contribution is 4.78. The molecule has 1 N–H and O–H groups in total. The number of hydrogen-bond acceptors (Lipinski definition) is 4. The SMILES string of the molecule is c1noc(CCC2CCCNC2)n1. The van der Waals surface area contributed by atoms with Gasteiger partial charge in [0.05, 0.1) is 0 Å². The van der Waals surface area contributed by atoms with Gasteiger partial charge in [0.1, 0.15) is 0 Å². The molecule has 2 heterocycles. The summed E-state index contributed by atoms with van der Waals surface area (Å²) >= 11 is 0. The molecule has 1 aliphatic rings. The number of aryl methyl sites for hydroxylation is 1. The second-order valence-corrected chi connectivity index (χ2v) is 3.59. The molecule has 72 valence electrons. The van der Waals surface area contributed by atoms with E-state index >= 15 is 0 Å². The fourth-order valence-corrected chi connectivity index (χ4v) is 1.80. The zero-order valence-electron chi connectivity index (χ0n) is 7.70. The monoisotopic (exact) mass is 181 g/mol. The van der Waals surface area contributed by atoms with E-state index in [1.165, 1.54) is 25.7 Å². The predicted molar refractivity (Wildman–Crippen MR) is 48.2 cm³/mol. The van der Waals surface area contributed by atoms with Crippen LogP contribution >= 0.6 is 0 Å². The van der Waals surface area contributed by atoms with Crippen LogP contribution in [-0.2, 0) is 6.42 Å². The van der Waals surface area contributed by atoms with Crippen molar-refractivity contribution in [2.75, 3.05) is 13.1 Å². The van der Waals surface area contributed by atoms with Crippen molar-refractivity contribution in [3.63, 3.8) is 0 Å². The lowest BCUT2D eigenvalue weighted by Gasteiger charge is -2.21. The lowest BCUT2D eigenvalue weighted by atomic mass is 9.95. The second-order valence-electron chi connectivity index (χ2n) is 3.59. The van der Waals surface area contributed by atoms with Crippen LogP contribution in [0.15, 0.2) is 10.9 Å². The van der Waals surface area contributed by atoms with Gasteiger partial charge in [-0.15, -0.1) is 0 Å². The molecule has 1 unspecified atom stereocenters. The van der Waals surface area contributed by atoms with Crippen LogP contribution in [0.25, 0.3) is 0 Å². The Labute approximate surface area is 77.7 Å². The highest BCUT2D eigenvalue weighted by Gasteiger charge is 2.13. The largest absolute Gasteiger partial charge is 0.340 e. The summed E-state index contributed by atoms with van der Waals surface area (Å²) in [7, 11) is 0. The average molecular weight is 181 g/mol. The minimum atomic E-state index is 0.769. The summed E-state index contributed by atoms with van der Waals surface area (Å²) in [5, 5.41) is 6.98. The summed E-state index contributed by atoms with van der Waals surface area (Å²) in [6.07, 6.45) is 6.19. The van der Waals surface area contributed by atoms with Crippen molar-refractivity contribution in [3.8, 4) is 0 Å². The first-order valence-electron chi connectivity index (χ1n) is 4.91. The van der Waals surface area contributed by atoms with Crippen LogP contribution in [0.4, 0.5) is 0 Å². The standard InChI is InChI=1S/C9H15N3O/c1-2-8(6-10-5-1)3-4-9-11-7-12-13-9/h7-8,10H,1-6H2. The normalized spacial score (nSPS) is 23.2. The molecule has 1 saturated heterocycles. The van der Waals surface area contributed by atoms with Crippen LogP contribution in [0, 0.1) is 5.92 Å². The van der Waals surface area contributed by atoms with E-state index in [0.717, 1.165) is 31.2 Å². The highest BCUT2D eigenvalue weighted by Crippen LogP contribution is 2.15. The lowest BCUT2D eigenvalue weighted by molar-refractivity contribution is 0.327. The fourth-order valence-electron chi connectivity index (χ4n) is 1.80. The molecule has 0 bridgehead atoms. The number of nitrogens with one attached hydrogen (secondary N) is 1. The smallest absolute Gasteiger partial charge is 0.226 e. The maximum Gasteiger partial charge on any atom is 0.226 e. The van der Waals surface area contributed by atoms with E-state index < -0.39 is 0 Å². The zero-order chi connectivity index (χ0) is 8.93. The van der Waals surface area contributed by atoms with Crippen molar-refractivity contribution >= 4 is 0 Å². The third-order valence-corrected chi connectivity index (χ3v) is 2.57. The summed E-state index contributed by atoms with van der Waals surface area (Å²) in [6, 6.07) is 0. The lowest BCUT2D eigenvalue weighted by Crippen LogP contribution is -2.29. The molecule has 4 nitrogen and oxygen atoms in total. The summed E-state index contributed by atoms with van der Waals surface area (Å²) in [5.41, 5.74) is 0. The van der Waals surface area contributed by atoms with E-state index in [1.807, 2.05) is 0 Å². The van der Waals surface area contributed by atoms with E-state index in [4.69, 9.17) is 4.52 Å². The van der Waals surface area contributed by atoms with Crippen LogP contribution < -0.4 is 5.32 Å². The molecule has 1 aromatic rings. The fraction of sp³-hybridized carbons (Fsp3) is 0.778. The van der Waals surface area contributed by atoms with Gasteiger partial charge in [-0.3, -0.25) is 0 Å². The topological polar surface area (TPSA) is 51.0 Å². The van der Waals surface area contributed by atoms with Gasteiger partial charge in [0.2, 0.25) is 5.89 Å². The van der Waals surface area contributed by atoms with Gasteiger partial charge in [-0.05, 0) is 38.3 Å². The second kappa shape index (κ2) is 4.37. The molecule has 0 aliphatic carbocycles. The summed E-state index contributed by atoms with van der Waals surface area (Å²) < 4.78 is 4.94. The van der Waals surface area contributed by atoms with Gasteiger partial charge >= 0.3 is 0 Å². The van der Waals surface area contributed by atoms with Crippen molar-refractivity contribution in [1.82, 2.24) is 15.5 Å². The molecule has 1 aromatic heterocycles. The summed E-state index contributed by atoms with van der Waals surface area (Å²) in [4.78, 5) is 4.00. The van der Waals surface area contributed by atoms with E-state index in [9.17, 15) is 0 Å². The maximum absolute atomic E-state index is 4.94. The molecular formula is C9H15N3O. The van der Waals surface area contributed by atoms with Gasteiger partial charge in [-0.1, -0.05) is 5.16 Å². The van der Waals surface area contributed by atoms with E-state index in [1.54, 1.807) is 0 Å². The Morgan fingerprint density at radius 2 is 2.62 bits per heavy atom. The molecule has 1 fully saturated rings.